The molecule has 3 atom stereocenters. The molecule has 2 fully saturated rings. The van der Waals surface area contributed by atoms with Crippen molar-refractivity contribution in [2.24, 2.45) is 16.7 Å². The molecule has 1 heterocycles. The second-order valence-electron chi connectivity index (χ2n) is 4.47. The van der Waals surface area contributed by atoms with Crippen LogP contribution in [0.1, 0.15) is 12.8 Å². The van der Waals surface area contributed by atoms with Crippen LogP contribution in [0.5, 0.6) is 0 Å². The summed E-state index contributed by atoms with van der Waals surface area (Å²) in [4.78, 5) is 0. The van der Waals surface area contributed by atoms with Crippen molar-refractivity contribution in [1.82, 2.24) is 0 Å². The smallest absolute Gasteiger partial charge is 0.201 e. The van der Waals surface area contributed by atoms with Gasteiger partial charge in [-0.1, -0.05) is 0 Å². The first-order valence-corrected chi connectivity index (χ1v) is 5.49. The molecule has 1 aliphatic carbocycles. The van der Waals surface area contributed by atoms with E-state index < -0.39 is 29.1 Å². The van der Waals surface area contributed by atoms with Gasteiger partial charge in [-0.2, -0.15) is 21.0 Å². The molecule has 1 saturated carbocycles. The van der Waals surface area contributed by atoms with Crippen molar-refractivity contribution in [2.75, 3.05) is 7.11 Å². The van der Waals surface area contributed by atoms with Crippen molar-refractivity contribution in [3.8, 4) is 24.3 Å². The number of nitriles is 4. The Morgan fingerprint density at radius 2 is 1.56 bits per heavy atom. The lowest BCUT2D eigenvalue weighted by Crippen LogP contribution is -2.69. The molecule has 0 aromatic carbocycles. The molecule has 1 aliphatic heterocycles. The third-order valence-corrected chi connectivity index (χ3v) is 3.95. The lowest BCUT2D eigenvalue weighted by molar-refractivity contribution is -0.278. The molecule has 6 nitrogen and oxygen atoms in total. The van der Waals surface area contributed by atoms with Gasteiger partial charge in [0.1, 0.15) is 6.10 Å². The first kappa shape index (κ1) is 12.3. The Kier molecular flexibility index (Phi) is 2.72. The summed E-state index contributed by atoms with van der Waals surface area (Å²) in [6.45, 7) is 0. The van der Waals surface area contributed by atoms with Gasteiger partial charge in [0.15, 0.2) is 11.7 Å². The Hall–Kier alpha value is -2.12. The van der Waals surface area contributed by atoms with Crippen LogP contribution in [0.25, 0.3) is 0 Å². The number of ether oxygens (including phenoxy) is 2. The summed E-state index contributed by atoms with van der Waals surface area (Å²) in [6, 6.07) is 7.35. The van der Waals surface area contributed by atoms with Crippen molar-refractivity contribution < 1.29 is 9.47 Å². The lowest BCUT2D eigenvalue weighted by atomic mass is 9.42. The van der Waals surface area contributed by atoms with Crippen LogP contribution in [0.4, 0.5) is 0 Å². The Balaban J connectivity index is 2.45. The minimum atomic E-state index is -1.72. The van der Waals surface area contributed by atoms with E-state index in [1.807, 2.05) is 24.3 Å². The highest BCUT2D eigenvalue weighted by atomic mass is 16.7. The molecule has 0 N–H and O–H groups in total. The van der Waals surface area contributed by atoms with Gasteiger partial charge < -0.3 is 9.47 Å². The van der Waals surface area contributed by atoms with E-state index in [2.05, 4.69) is 0 Å². The highest BCUT2D eigenvalue weighted by Crippen LogP contribution is 2.64. The van der Waals surface area contributed by atoms with Crippen LogP contribution in [0, 0.1) is 62.1 Å². The molecule has 2 rings (SSSR count). The zero-order valence-electron chi connectivity index (χ0n) is 9.75. The standard InChI is InChI=1S/C12H10N4O2/c1-17-9-3-2-8-10(18-9)12(6-15,7-16)11(8,4-13)5-14/h8-10H,2-3H2,1H3. The summed E-state index contributed by atoms with van der Waals surface area (Å²) in [5, 5.41) is 36.9. The number of methoxy groups -OCH3 is 1. The topological polar surface area (TPSA) is 114 Å². The van der Waals surface area contributed by atoms with E-state index in [0.29, 0.717) is 12.8 Å². The Morgan fingerprint density at radius 3 is 2.00 bits per heavy atom. The minimum Gasteiger partial charge on any atom is -0.356 e. The average molecular weight is 242 g/mol. The summed E-state index contributed by atoms with van der Waals surface area (Å²) < 4.78 is 10.6. The van der Waals surface area contributed by atoms with E-state index in [1.165, 1.54) is 7.11 Å². The monoisotopic (exact) mass is 242 g/mol. The maximum atomic E-state index is 9.24. The second kappa shape index (κ2) is 3.97. The van der Waals surface area contributed by atoms with Gasteiger partial charge in [0.25, 0.3) is 0 Å². The maximum absolute atomic E-state index is 9.24. The van der Waals surface area contributed by atoms with E-state index in [4.69, 9.17) is 9.47 Å². The zero-order chi connectivity index (χ0) is 13.4. The van der Waals surface area contributed by atoms with E-state index >= 15 is 0 Å². The number of nitrogens with zero attached hydrogens (tertiary/aromatic N) is 4. The Labute approximate surface area is 105 Å². The summed E-state index contributed by atoms with van der Waals surface area (Å²) >= 11 is 0. The van der Waals surface area contributed by atoms with E-state index in [9.17, 15) is 21.0 Å². The predicted octanol–water partition coefficient (Wildman–Crippen LogP) is 0.835. The highest BCUT2D eigenvalue weighted by molar-refractivity contribution is 5.46. The van der Waals surface area contributed by atoms with Crippen LogP contribution in [-0.4, -0.2) is 19.5 Å². The summed E-state index contributed by atoms with van der Waals surface area (Å²) in [5.74, 6) is -0.404. The molecule has 0 spiro atoms. The Bertz CT molecular complexity index is 502. The molecule has 18 heavy (non-hydrogen) atoms. The second-order valence-corrected chi connectivity index (χ2v) is 4.47. The molecular formula is C12H10N4O2. The van der Waals surface area contributed by atoms with Crippen molar-refractivity contribution >= 4 is 0 Å². The molecule has 0 bridgehead atoms. The van der Waals surface area contributed by atoms with Gasteiger partial charge in [-0.15, -0.1) is 0 Å². The molecular weight excluding hydrogens is 232 g/mol. The molecule has 0 aromatic heterocycles. The summed E-state index contributed by atoms with van der Waals surface area (Å²) in [7, 11) is 1.48. The van der Waals surface area contributed by atoms with E-state index in [-0.39, 0.29) is 0 Å². The fraction of sp³-hybridized carbons (Fsp3) is 0.667. The van der Waals surface area contributed by atoms with Crippen LogP contribution in [0.15, 0.2) is 0 Å². The summed E-state index contributed by atoms with van der Waals surface area (Å²) in [6.07, 6.45) is -0.126. The molecule has 0 radical (unpaired) electrons. The number of fused-ring (bicyclic) bond motifs is 1. The molecule has 90 valence electrons. The van der Waals surface area contributed by atoms with Crippen LogP contribution in [0.3, 0.4) is 0 Å². The van der Waals surface area contributed by atoms with Crippen LogP contribution in [0.2, 0.25) is 0 Å². The van der Waals surface area contributed by atoms with Gasteiger partial charge >= 0.3 is 0 Å². The zero-order valence-corrected chi connectivity index (χ0v) is 9.75. The fourth-order valence-electron chi connectivity index (χ4n) is 2.93. The first-order valence-electron chi connectivity index (χ1n) is 5.49. The average Bonchev–Trinajstić information content (AvgIpc) is 2.42. The van der Waals surface area contributed by atoms with Gasteiger partial charge in [-0.05, 0) is 12.8 Å². The van der Waals surface area contributed by atoms with Crippen LogP contribution in [-0.2, 0) is 9.47 Å². The third kappa shape index (κ3) is 1.09. The van der Waals surface area contributed by atoms with Crippen LogP contribution < -0.4 is 0 Å². The summed E-state index contributed by atoms with van der Waals surface area (Å²) in [5.41, 5.74) is -3.32. The molecule has 0 amide bonds. The van der Waals surface area contributed by atoms with E-state index in [1.54, 1.807) is 0 Å². The molecule has 3 unspecified atom stereocenters. The third-order valence-electron chi connectivity index (χ3n) is 3.95. The number of hydrogen-bond donors (Lipinski definition) is 0. The largest absolute Gasteiger partial charge is 0.356 e. The quantitative estimate of drug-likeness (QED) is 0.672. The number of rotatable bonds is 1. The van der Waals surface area contributed by atoms with Gasteiger partial charge in [-0.25, -0.2) is 0 Å². The maximum Gasteiger partial charge on any atom is 0.201 e. The normalized spacial score (nSPS) is 34.6. The van der Waals surface area contributed by atoms with Gasteiger partial charge in [0.2, 0.25) is 5.41 Å². The van der Waals surface area contributed by atoms with Gasteiger partial charge in [0, 0.05) is 13.0 Å². The Morgan fingerprint density at radius 1 is 1.00 bits per heavy atom. The van der Waals surface area contributed by atoms with Crippen molar-refractivity contribution in [3.05, 3.63) is 0 Å². The molecule has 1 saturated heterocycles. The van der Waals surface area contributed by atoms with E-state index in [0.717, 1.165) is 0 Å². The minimum absolute atomic E-state index is 0.404. The molecule has 6 heteroatoms. The fourth-order valence-corrected chi connectivity index (χ4v) is 2.93. The lowest BCUT2D eigenvalue weighted by Gasteiger charge is -2.57. The molecule has 2 aliphatic rings. The predicted molar refractivity (Wildman–Crippen MR) is 55.7 cm³/mol. The van der Waals surface area contributed by atoms with Crippen molar-refractivity contribution in [2.45, 2.75) is 25.2 Å². The highest BCUT2D eigenvalue weighted by Gasteiger charge is 2.77. The van der Waals surface area contributed by atoms with Gasteiger partial charge in [0.05, 0.1) is 24.3 Å². The first-order chi connectivity index (χ1) is 8.65. The van der Waals surface area contributed by atoms with Crippen molar-refractivity contribution in [3.63, 3.8) is 0 Å². The number of hydrogen-bond acceptors (Lipinski definition) is 6. The van der Waals surface area contributed by atoms with Crippen LogP contribution >= 0.6 is 0 Å². The van der Waals surface area contributed by atoms with Gasteiger partial charge in [-0.3, -0.25) is 0 Å². The molecule has 0 aromatic rings. The SMILES string of the molecule is COC1CCC2C(O1)C(C#N)(C#N)C2(C#N)C#N. The van der Waals surface area contributed by atoms with Crippen molar-refractivity contribution in [1.29, 1.82) is 21.0 Å².